The molecule has 1 aromatic carbocycles. The highest BCUT2D eigenvalue weighted by Gasteiger charge is 2.32. The third-order valence-electron chi connectivity index (χ3n) is 4.52. The number of aromatic nitrogens is 1. The number of benzene rings is 1. The van der Waals surface area contributed by atoms with Crippen molar-refractivity contribution in [3.05, 3.63) is 59.3 Å². The van der Waals surface area contributed by atoms with E-state index in [2.05, 4.69) is 58.2 Å². The molecule has 1 fully saturated rings. The topological polar surface area (TPSA) is 145 Å². The first-order valence-corrected chi connectivity index (χ1v) is 7.30. The molecular formula is C17H27N3O4. The van der Waals surface area contributed by atoms with Gasteiger partial charge in [0.2, 0.25) is 0 Å². The summed E-state index contributed by atoms with van der Waals surface area (Å²) in [6, 6.07) is 13.6. The second kappa shape index (κ2) is 8.72. The van der Waals surface area contributed by atoms with E-state index >= 15 is 0 Å². The smallest absolute Gasteiger partial charge is 0.132 e. The molecule has 0 aliphatic carbocycles. The lowest BCUT2D eigenvalue weighted by atomic mass is 9.96. The van der Waals surface area contributed by atoms with Gasteiger partial charge in [0, 0.05) is 32.3 Å². The first-order chi connectivity index (χ1) is 9.83. The largest absolute Gasteiger partial charge is 0.412 e. The molecule has 3 heterocycles. The van der Waals surface area contributed by atoms with Gasteiger partial charge in [-0.15, -0.1) is 0 Å². The molecule has 0 amide bonds. The maximum atomic E-state index is 4.68. The van der Waals surface area contributed by atoms with Crippen LogP contribution in [-0.4, -0.2) is 58.5 Å². The minimum atomic E-state index is 0. The summed E-state index contributed by atoms with van der Waals surface area (Å²) >= 11 is 0. The van der Waals surface area contributed by atoms with Gasteiger partial charge in [0.1, 0.15) is 5.82 Å². The summed E-state index contributed by atoms with van der Waals surface area (Å²) in [4.78, 5) is 9.60. The third-order valence-corrected chi connectivity index (χ3v) is 4.52. The summed E-state index contributed by atoms with van der Waals surface area (Å²) in [5.41, 5.74) is 4.27. The van der Waals surface area contributed by atoms with Crippen LogP contribution < -0.4 is 4.90 Å². The van der Waals surface area contributed by atoms with E-state index in [1.165, 1.54) is 22.5 Å². The van der Waals surface area contributed by atoms with Crippen molar-refractivity contribution in [3.63, 3.8) is 0 Å². The second-order valence-electron chi connectivity index (χ2n) is 5.83. The number of fused-ring (bicyclic) bond motifs is 5. The summed E-state index contributed by atoms with van der Waals surface area (Å²) in [6.07, 6.45) is 2.92. The van der Waals surface area contributed by atoms with Crippen LogP contribution in [-0.2, 0) is 6.42 Å². The summed E-state index contributed by atoms with van der Waals surface area (Å²) < 4.78 is 0. The van der Waals surface area contributed by atoms with Crippen LogP contribution in [0.4, 0.5) is 5.82 Å². The molecule has 2 aliphatic heterocycles. The molecule has 8 N–H and O–H groups in total. The summed E-state index contributed by atoms with van der Waals surface area (Å²) in [6.45, 7) is 3.24. The van der Waals surface area contributed by atoms with Crippen LogP contribution in [0.15, 0.2) is 42.6 Å². The molecule has 1 aromatic heterocycles. The molecule has 0 bridgehead atoms. The average Bonchev–Trinajstić information content (AvgIpc) is 2.61. The number of nitrogens with zero attached hydrogens (tertiary/aromatic N) is 3. The van der Waals surface area contributed by atoms with Crippen molar-refractivity contribution in [2.24, 2.45) is 0 Å². The second-order valence-corrected chi connectivity index (χ2v) is 5.83. The van der Waals surface area contributed by atoms with Crippen LogP contribution in [0.25, 0.3) is 0 Å². The van der Waals surface area contributed by atoms with Gasteiger partial charge in [-0.3, -0.25) is 0 Å². The molecule has 2 aromatic rings. The molecule has 134 valence electrons. The van der Waals surface area contributed by atoms with Crippen LogP contribution in [0.5, 0.6) is 0 Å². The number of anilines is 1. The normalized spacial score (nSPS) is 18.0. The lowest BCUT2D eigenvalue weighted by molar-refractivity contribution is 0.268. The Balaban J connectivity index is 0.00000132. The highest BCUT2D eigenvalue weighted by molar-refractivity contribution is 5.56. The van der Waals surface area contributed by atoms with Crippen molar-refractivity contribution >= 4 is 5.82 Å². The molecule has 0 spiro atoms. The van der Waals surface area contributed by atoms with Crippen molar-refractivity contribution < 1.29 is 21.9 Å². The standard InChI is InChI=1S/C17H19N3.4H2O/c1-19-9-10-20-16(12-19)15-7-3-2-5-13(15)11-14-6-4-8-18-17(14)20;;;;/h2-8,16H,9-12H2,1H3;4*1H2. The van der Waals surface area contributed by atoms with Crippen molar-refractivity contribution in [2.75, 3.05) is 31.6 Å². The van der Waals surface area contributed by atoms with Gasteiger partial charge in [-0.25, -0.2) is 4.98 Å². The van der Waals surface area contributed by atoms with Gasteiger partial charge in [-0.05, 0) is 29.8 Å². The average molecular weight is 337 g/mol. The SMILES string of the molecule is CN1CCN2c3ncccc3Cc3ccccc3C2C1.O.O.O.O. The van der Waals surface area contributed by atoms with Crippen LogP contribution >= 0.6 is 0 Å². The summed E-state index contributed by atoms with van der Waals surface area (Å²) in [5, 5.41) is 0. The number of hydrogen-bond acceptors (Lipinski definition) is 3. The number of piperazine rings is 1. The summed E-state index contributed by atoms with van der Waals surface area (Å²) in [7, 11) is 2.21. The molecule has 0 saturated carbocycles. The fourth-order valence-electron chi connectivity index (χ4n) is 3.49. The van der Waals surface area contributed by atoms with Crippen molar-refractivity contribution in [2.45, 2.75) is 12.5 Å². The number of likely N-dealkylation sites (N-methyl/N-ethyl adjacent to an activating group) is 1. The third kappa shape index (κ3) is 3.55. The molecule has 1 saturated heterocycles. The van der Waals surface area contributed by atoms with Crippen molar-refractivity contribution in [1.82, 2.24) is 9.88 Å². The Morgan fingerprint density at radius 2 is 1.62 bits per heavy atom. The molecule has 0 radical (unpaired) electrons. The van der Waals surface area contributed by atoms with Crippen LogP contribution in [0.3, 0.4) is 0 Å². The fraction of sp³-hybridized carbons (Fsp3) is 0.353. The Hall–Kier alpha value is -2.03. The molecule has 4 rings (SSSR count). The Morgan fingerprint density at radius 1 is 0.917 bits per heavy atom. The number of pyridine rings is 1. The van der Waals surface area contributed by atoms with Gasteiger partial charge in [-0.2, -0.15) is 0 Å². The van der Waals surface area contributed by atoms with Gasteiger partial charge in [0.05, 0.1) is 6.04 Å². The van der Waals surface area contributed by atoms with E-state index in [0.29, 0.717) is 6.04 Å². The Kier molecular flexibility index (Phi) is 7.98. The predicted molar refractivity (Wildman–Crippen MR) is 95.5 cm³/mol. The first-order valence-electron chi connectivity index (χ1n) is 7.30. The van der Waals surface area contributed by atoms with E-state index < -0.39 is 0 Å². The van der Waals surface area contributed by atoms with Gasteiger partial charge in [0.15, 0.2) is 0 Å². The van der Waals surface area contributed by atoms with E-state index in [0.717, 1.165) is 26.1 Å². The van der Waals surface area contributed by atoms with Gasteiger partial charge in [-0.1, -0.05) is 30.3 Å². The van der Waals surface area contributed by atoms with Crippen LogP contribution in [0.1, 0.15) is 22.7 Å². The highest BCUT2D eigenvalue weighted by Crippen LogP contribution is 2.37. The quantitative estimate of drug-likeness (QED) is 0.619. The minimum absolute atomic E-state index is 0. The maximum absolute atomic E-state index is 4.68. The molecule has 7 heteroatoms. The van der Waals surface area contributed by atoms with Crippen molar-refractivity contribution in [3.8, 4) is 0 Å². The van der Waals surface area contributed by atoms with Gasteiger partial charge in [0.25, 0.3) is 0 Å². The van der Waals surface area contributed by atoms with E-state index in [4.69, 9.17) is 0 Å². The predicted octanol–water partition coefficient (Wildman–Crippen LogP) is -0.820. The van der Waals surface area contributed by atoms with Crippen LogP contribution in [0.2, 0.25) is 0 Å². The zero-order chi connectivity index (χ0) is 13.5. The van der Waals surface area contributed by atoms with Crippen molar-refractivity contribution in [1.29, 1.82) is 0 Å². The molecular weight excluding hydrogens is 310 g/mol. The van der Waals surface area contributed by atoms with E-state index in [1.807, 2.05) is 6.20 Å². The number of rotatable bonds is 0. The zero-order valence-electron chi connectivity index (χ0n) is 13.8. The van der Waals surface area contributed by atoms with E-state index in [1.54, 1.807) is 0 Å². The molecule has 1 unspecified atom stereocenters. The van der Waals surface area contributed by atoms with E-state index in [9.17, 15) is 0 Å². The lowest BCUT2D eigenvalue weighted by Gasteiger charge is -2.41. The number of hydrogen-bond donors (Lipinski definition) is 0. The Bertz CT molecular complexity index is 653. The Morgan fingerprint density at radius 3 is 2.42 bits per heavy atom. The zero-order valence-corrected chi connectivity index (χ0v) is 13.8. The van der Waals surface area contributed by atoms with Crippen LogP contribution in [0, 0.1) is 0 Å². The molecule has 1 atom stereocenters. The highest BCUT2D eigenvalue weighted by atomic mass is 16.0. The van der Waals surface area contributed by atoms with Gasteiger partial charge >= 0.3 is 0 Å². The summed E-state index contributed by atoms with van der Waals surface area (Å²) in [5.74, 6) is 1.18. The molecule has 24 heavy (non-hydrogen) atoms. The maximum Gasteiger partial charge on any atom is 0.132 e. The van der Waals surface area contributed by atoms with E-state index in [-0.39, 0.29) is 21.9 Å². The monoisotopic (exact) mass is 337 g/mol. The minimum Gasteiger partial charge on any atom is -0.412 e. The molecule has 2 aliphatic rings. The fourth-order valence-corrected chi connectivity index (χ4v) is 3.49. The lowest BCUT2D eigenvalue weighted by Crippen LogP contribution is -2.47. The molecule has 7 nitrogen and oxygen atoms in total. The first kappa shape index (κ1) is 22.0. The Labute approximate surface area is 141 Å². The van der Waals surface area contributed by atoms with Gasteiger partial charge < -0.3 is 31.7 Å².